The van der Waals surface area contributed by atoms with Crippen LogP contribution in [-0.2, 0) is 15.6 Å². The number of hydrogen-bond donors (Lipinski definition) is 1. The van der Waals surface area contributed by atoms with Gasteiger partial charge in [0.2, 0.25) is 4.34 Å². The molecule has 30 heavy (non-hydrogen) atoms. The van der Waals surface area contributed by atoms with E-state index in [0.717, 1.165) is 11.3 Å². The monoisotopic (exact) mass is 459 g/mol. The summed E-state index contributed by atoms with van der Waals surface area (Å²) in [6.45, 7) is 2.93. The first-order valence-corrected chi connectivity index (χ1v) is 11.3. The Balaban J connectivity index is 1.84. The van der Waals surface area contributed by atoms with Gasteiger partial charge >= 0.3 is 6.18 Å². The second-order valence-corrected chi connectivity index (χ2v) is 9.89. The highest BCUT2D eigenvalue weighted by Crippen LogP contribution is 2.39. The largest absolute Gasteiger partial charge is 0.421 e. The Hall–Kier alpha value is -2.13. The summed E-state index contributed by atoms with van der Waals surface area (Å²) in [4.78, 5) is 5.73. The maximum Gasteiger partial charge on any atom is 0.421 e. The van der Waals surface area contributed by atoms with Crippen LogP contribution in [0.25, 0.3) is 0 Å². The predicted molar refractivity (Wildman–Crippen MR) is 108 cm³/mol. The number of aromatic nitrogens is 1. The number of thiazole rings is 1. The summed E-state index contributed by atoms with van der Waals surface area (Å²) in [5.41, 5.74) is -2.65. The number of anilines is 1. The third-order valence-corrected chi connectivity index (χ3v) is 7.98. The number of benzene rings is 1. The highest BCUT2D eigenvalue weighted by Gasteiger charge is 2.51. The summed E-state index contributed by atoms with van der Waals surface area (Å²) < 4.78 is 66.0. The molecule has 3 rings (SSSR count). The molecule has 6 nitrogen and oxygen atoms in total. The first-order valence-electron chi connectivity index (χ1n) is 8.96. The fourth-order valence-corrected chi connectivity index (χ4v) is 5.57. The highest BCUT2D eigenvalue weighted by atomic mass is 32.2. The van der Waals surface area contributed by atoms with Gasteiger partial charge in [-0.05, 0) is 31.5 Å². The van der Waals surface area contributed by atoms with E-state index in [0.29, 0.717) is 19.2 Å². The second-order valence-electron chi connectivity index (χ2n) is 6.88. The number of rotatable bonds is 4. The minimum atomic E-state index is -4.81. The van der Waals surface area contributed by atoms with Crippen LogP contribution in [-0.4, -0.2) is 54.7 Å². The van der Waals surface area contributed by atoms with Crippen LogP contribution >= 0.6 is 11.3 Å². The minimum Gasteiger partial charge on any atom is -0.376 e. The van der Waals surface area contributed by atoms with Crippen molar-refractivity contribution in [1.82, 2.24) is 9.29 Å². The molecule has 162 valence electrons. The van der Waals surface area contributed by atoms with E-state index in [2.05, 4.69) is 16.8 Å². The molecular formula is C19H20F3N3O3S2. The lowest BCUT2D eigenvalue weighted by atomic mass is 9.95. The van der Waals surface area contributed by atoms with Crippen molar-refractivity contribution >= 4 is 27.0 Å². The minimum absolute atomic E-state index is 0.0119. The van der Waals surface area contributed by atoms with E-state index < -0.39 is 27.8 Å². The lowest BCUT2D eigenvalue weighted by Gasteiger charge is -2.39. The van der Waals surface area contributed by atoms with Crippen molar-refractivity contribution in [2.24, 2.45) is 0 Å². The SMILES string of the molecule is CC#CC1CN(S(=O)(=O)c2nccs2)CCN1c1ccc(C(C)(O)C(F)(F)F)cc1. The Labute approximate surface area is 177 Å². The van der Waals surface area contributed by atoms with Crippen LogP contribution in [0.2, 0.25) is 0 Å². The molecule has 11 heteroatoms. The summed E-state index contributed by atoms with van der Waals surface area (Å²) >= 11 is 1.04. The molecule has 1 aliphatic rings. The first-order chi connectivity index (χ1) is 14.0. The summed E-state index contributed by atoms with van der Waals surface area (Å²) in [7, 11) is -3.73. The van der Waals surface area contributed by atoms with Gasteiger partial charge in [-0.2, -0.15) is 17.5 Å². The average Bonchev–Trinajstić information content (AvgIpc) is 3.23. The van der Waals surface area contributed by atoms with Gasteiger partial charge in [-0.1, -0.05) is 18.1 Å². The molecule has 0 radical (unpaired) electrons. The van der Waals surface area contributed by atoms with E-state index in [9.17, 15) is 26.7 Å². The van der Waals surface area contributed by atoms with Crippen LogP contribution in [0, 0.1) is 11.8 Å². The van der Waals surface area contributed by atoms with Gasteiger partial charge in [-0.3, -0.25) is 0 Å². The lowest BCUT2D eigenvalue weighted by Crippen LogP contribution is -2.54. The van der Waals surface area contributed by atoms with Gasteiger partial charge in [0.05, 0.1) is 0 Å². The van der Waals surface area contributed by atoms with Gasteiger partial charge in [-0.15, -0.1) is 17.3 Å². The average molecular weight is 460 g/mol. The van der Waals surface area contributed by atoms with E-state index in [-0.39, 0.29) is 23.0 Å². The van der Waals surface area contributed by atoms with Crippen LogP contribution < -0.4 is 4.90 Å². The molecule has 2 atom stereocenters. The normalized spacial score (nSPS) is 20.3. The van der Waals surface area contributed by atoms with E-state index in [1.807, 2.05) is 4.90 Å². The summed E-state index contributed by atoms with van der Waals surface area (Å²) in [5, 5.41) is 11.4. The third-order valence-electron chi connectivity index (χ3n) is 4.94. The number of alkyl halides is 3. The van der Waals surface area contributed by atoms with Crippen molar-refractivity contribution in [2.45, 2.75) is 36.0 Å². The molecule has 1 N–H and O–H groups in total. The molecule has 0 saturated carbocycles. The molecule has 1 fully saturated rings. The zero-order chi connectivity index (χ0) is 22.2. The molecule has 1 aliphatic heterocycles. The van der Waals surface area contributed by atoms with Crippen molar-refractivity contribution in [3.63, 3.8) is 0 Å². The molecule has 2 unspecified atom stereocenters. The van der Waals surface area contributed by atoms with Crippen LogP contribution in [0.15, 0.2) is 40.2 Å². The second kappa shape index (κ2) is 8.19. The standard InChI is InChI=1S/C19H20F3N3O3S2/c1-3-4-16-13-24(30(27,28)17-23-9-12-29-17)10-11-25(16)15-7-5-14(6-8-15)18(2,26)19(20,21)22/h5-9,12,16,26H,10-11,13H2,1-2H3. The van der Waals surface area contributed by atoms with Gasteiger partial charge in [0.1, 0.15) is 6.04 Å². The van der Waals surface area contributed by atoms with Crippen molar-refractivity contribution in [3.05, 3.63) is 41.4 Å². The zero-order valence-corrected chi connectivity index (χ0v) is 17.9. The van der Waals surface area contributed by atoms with Crippen molar-refractivity contribution in [2.75, 3.05) is 24.5 Å². The van der Waals surface area contributed by atoms with Gasteiger partial charge in [-0.25, -0.2) is 13.4 Å². The maximum absolute atomic E-state index is 13.1. The Kier molecular flexibility index (Phi) is 6.15. The van der Waals surface area contributed by atoms with Crippen LogP contribution in [0.4, 0.5) is 18.9 Å². The molecular weight excluding hydrogens is 439 g/mol. The topological polar surface area (TPSA) is 73.7 Å². The quantitative estimate of drug-likeness (QED) is 0.712. The predicted octanol–water partition coefficient (Wildman–Crippen LogP) is 2.82. The maximum atomic E-state index is 13.1. The third kappa shape index (κ3) is 4.18. The van der Waals surface area contributed by atoms with Crippen LogP contribution in [0.3, 0.4) is 0 Å². The smallest absolute Gasteiger partial charge is 0.376 e. The molecule has 2 heterocycles. The number of aliphatic hydroxyl groups is 1. The summed E-state index contributed by atoms with van der Waals surface area (Å²) in [6, 6.07) is 4.92. The van der Waals surface area contributed by atoms with E-state index >= 15 is 0 Å². The molecule has 1 aromatic carbocycles. The van der Waals surface area contributed by atoms with Crippen molar-refractivity contribution in [1.29, 1.82) is 0 Å². The Bertz CT molecular complexity index is 1040. The molecule has 0 aliphatic carbocycles. The molecule has 1 saturated heterocycles. The number of nitrogens with zero attached hydrogens (tertiary/aromatic N) is 3. The summed E-state index contributed by atoms with van der Waals surface area (Å²) in [5.74, 6) is 5.76. The fourth-order valence-electron chi connectivity index (χ4n) is 3.16. The fraction of sp³-hybridized carbons (Fsp3) is 0.421. The van der Waals surface area contributed by atoms with E-state index in [4.69, 9.17) is 0 Å². The highest BCUT2D eigenvalue weighted by molar-refractivity contribution is 7.91. The van der Waals surface area contributed by atoms with E-state index in [1.54, 1.807) is 12.3 Å². The number of piperazine rings is 1. The van der Waals surface area contributed by atoms with Crippen molar-refractivity contribution in [3.8, 4) is 11.8 Å². The van der Waals surface area contributed by atoms with Crippen LogP contribution in [0.1, 0.15) is 19.4 Å². The Morgan fingerprint density at radius 3 is 2.43 bits per heavy atom. The molecule has 1 aromatic heterocycles. The molecule has 0 spiro atoms. The van der Waals surface area contributed by atoms with E-state index in [1.165, 1.54) is 34.8 Å². The first kappa shape index (κ1) is 22.6. The van der Waals surface area contributed by atoms with Crippen molar-refractivity contribution < 1.29 is 26.7 Å². The Morgan fingerprint density at radius 2 is 1.90 bits per heavy atom. The number of sulfonamides is 1. The van der Waals surface area contributed by atoms with Gasteiger partial charge in [0.15, 0.2) is 5.60 Å². The Morgan fingerprint density at radius 1 is 1.23 bits per heavy atom. The van der Waals surface area contributed by atoms with Gasteiger partial charge < -0.3 is 10.0 Å². The van der Waals surface area contributed by atoms with Crippen LogP contribution in [0.5, 0.6) is 0 Å². The number of halogens is 3. The zero-order valence-electron chi connectivity index (χ0n) is 16.2. The molecule has 0 bridgehead atoms. The molecule has 0 amide bonds. The molecule has 2 aromatic rings. The number of hydrogen-bond acceptors (Lipinski definition) is 6. The summed E-state index contributed by atoms with van der Waals surface area (Å²) in [6.07, 6.45) is -3.38. The van der Waals surface area contributed by atoms with Gasteiger partial charge in [0.25, 0.3) is 10.0 Å². The lowest BCUT2D eigenvalue weighted by molar-refractivity contribution is -0.258. The van der Waals surface area contributed by atoms with Gasteiger partial charge in [0, 0.05) is 36.9 Å².